The highest BCUT2D eigenvalue weighted by Gasteiger charge is 2.27. The first-order valence-corrected chi connectivity index (χ1v) is 12.9. The van der Waals surface area contributed by atoms with Gasteiger partial charge in [0.2, 0.25) is 0 Å². The van der Waals surface area contributed by atoms with Gasteiger partial charge in [0.25, 0.3) is 0 Å². The average Bonchev–Trinajstić information content (AvgIpc) is 3.37. The molecule has 1 fully saturated rings. The van der Waals surface area contributed by atoms with Crippen molar-refractivity contribution in [3.8, 4) is 11.4 Å². The van der Waals surface area contributed by atoms with Crippen LogP contribution in [0.5, 0.6) is 5.75 Å². The topological polar surface area (TPSA) is 72.7 Å². The molecule has 0 spiro atoms. The van der Waals surface area contributed by atoms with E-state index in [1.165, 1.54) is 16.6 Å². The molecule has 0 N–H and O–H groups in total. The second kappa shape index (κ2) is 12.2. The fraction of sp³-hybridized carbons (Fsp3) is 0.345. The minimum Gasteiger partial charge on any atom is -0.485 e. The summed E-state index contributed by atoms with van der Waals surface area (Å²) in [4.78, 5) is 26.3. The number of pyridine rings is 1. The molecule has 0 amide bonds. The molecule has 0 unspecified atom stereocenters. The summed E-state index contributed by atoms with van der Waals surface area (Å²) in [6, 6.07) is 16.9. The third-order valence-electron chi connectivity index (χ3n) is 7.28. The molecule has 6 rings (SSSR count). The zero-order valence-electron chi connectivity index (χ0n) is 22.1. The number of aryl methyl sites for hydroxylation is 1. The molecule has 2 aliphatic heterocycles. The van der Waals surface area contributed by atoms with Crippen LogP contribution >= 0.6 is 24.8 Å². The van der Waals surface area contributed by atoms with E-state index in [1.54, 1.807) is 13.3 Å². The molecule has 2 aromatic heterocycles. The Morgan fingerprint density at radius 1 is 1.00 bits per heavy atom. The lowest BCUT2D eigenvalue weighted by Gasteiger charge is -2.36. The average molecular weight is 571 g/mol. The molecule has 0 atom stereocenters. The van der Waals surface area contributed by atoms with Crippen molar-refractivity contribution in [2.75, 3.05) is 44.2 Å². The fourth-order valence-corrected chi connectivity index (χ4v) is 5.36. The van der Waals surface area contributed by atoms with Crippen LogP contribution in [0.15, 0.2) is 54.9 Å². The Kier molecular flexibility index (Phi) is 9.00. The Morgan fingerprint density at radius 2 is 1.77 bits per heavy atom. The number of fused-ring (bicyclic) bond motifs is 4. The number of imidazole rings is 1. The molecule has 1 saturated heterocycles. The molecule has 4 heterocycles. The third-order valence-corrected chi connectivity index (χ3v) is 7.28. The largest absolute Gasteiger partial charge is 0.485 e. The highest BCUT2D eigenvalue weighted by molar-refractivity contribution is 5.92. The van der Waals surface area contributed by atoms with Crippen LogP contribution < -0.4 is 9.64 Å². The zero-order valence-corrected chi connectivity index (χ0v) is 23.8. The van der Waals surface area contributed by atoms with Crippen LogP contribution in [-0.2, 0) is 17.8 Å². The predicted molar refractivity (Wildman–Crippen MR) is 157 cm³/mol. The summed E-state index contributed by atoms with van der Waals surface area (Å²) in [6.45, 7) is 9.43. The number of carbonyl (C=O) groups excluding carboxylic acids is 1. The minimum absolute atomic E-state index is 0. The molecule has 0 radical (unpaired) electrons. The van der Waals surface area contributed by atoms with Crippen molar-refractivity contribution in [2.45, 2.75) is 26.9 Å². The second-order valence-corrected chi connectivity index (χ2v) is 9.56. The van der Waals surface area contributed by atoms with Gasteiger partial charge >= 0.3 is 5.97 Å². The Bertz CT molecular complexity index is 1470. The van der Waals surface area contributed by atoms with Gasteiger partial charge in [0.15, 0.2) is 5.69 Å². The van der Waals surface area contributed by atoms with Crippen molar-refractivity contribution in [3.63, 3.8) is 0 Å². The standard InChI is InChI=1S/C29H31N5O3.2ClH/c1-3-36-29(35)27-26-18-37-28-21(6-4-9-25(28)34(26)19-30-27)12-13-32-14-16-33(17-15-32)24-8-5-7-23-22(24)11-10-20(2)31-23;;/h4-11,19H,3,12-18H2,1-2H3;2*1H. The monoisotopic (exact) mass is 569 g/mol. The summed E-state index contributed by atoms with van der Waals surface area (Å²) >= 11 is 0. The molecule has 39 heavy (non-hydrogen) atoms. The maximum atomic E-state index is 12.3. The predicted octanol–water partition coefficient (Wildman–Crippen LogP) is 5.01. The van der Waals surface area contributed by atoms with Gasteiger partial charge in [-0.15, -0.1) is 24.8 Å². The van der Waals surface area contributed by atoms with Gasteiger partial charge in [-0.2, -0.15) is 0 Å². The van der Waals surface area contributed by atoms with Gasteiger partial charge in [0.05, 0.1) is 23.5 Å². The number of aromatic nitrogens is 3. The van der Waals surface area contributed by atoms with Crippen LogP contribution in [0, 0.1) is 6.92 Å². The van der Waals surface area contributed by atoms with Gasteiger partial charge in [-0.25, -0.2) is 9.78 Å². The number of anilines is 1. The molecular formula is C29H33Cl2N5O3. The van der Waals surface area contributed by atoms with Gasteiger partial charge in [0.1, 0.15) is 18.7 Å². The van der Waals surface area contributed by atoms with Crippen LogP contribution in [0.25, 0.3) is 16.6 Å². The number of para-hydroxylation sites is 1. The van der Waals surface area contributed by atoms with Crippen LogP contribution in [0.1, 0.15) is 34.4 Å². The summed E-state index contributed by atoms with van der Waals surface area (Å²) in [5, 5.41) is 1.22. The Hall–Kier alpha value is -3.33. The van der Waals surface area contributed by atoms with E-state index in [-0.39, 0.29) is 24.8 Å². The van der Waals surface area contributed by atoms with Gasteiger partial charge in [-0.05, 0) is 56.2 Å². The maximum Gasteiger partial charge on any atom is 0.358 e. The number of halogens is 2. The molecule has 0 saturated carbocycles. The zero-order chi connectivity index (χ0) is 25.4. The number of nitrogens with zero attached hydrogens (tertiary/aromatic N) is 5. The summed E-state index contributed by atoms with van der Waals surface area (Å²) in [5.74, 6) is 0.466. The minimum atomic E-state index is -0.409. The first kappa shape index (κ1) is 28.7. The van der Waals surface area contributed by atoms with E-state index in [2.05, 4.69) is 51.2 Å². The first-order valence-electron chi connectivity index (χ1n) is 12.9. The van der Waals surface area contributed by atoms with Crippen molar-refractivity contribution in [1.82, 2.24) is 19.4 Å². The van der Waals surface area contributed by atoms with Crippen LogP contribution in [0.3, 0.4) is 0 Å². The van der Waals surface area contributed by atoms with Crippen molar-refractivity contribution in [1.29, 1.82) is 0 Å². The van der Waals surface area contributed by atoms with Gasteiger partial charge in [0, 0.05) is 49.5 Å². The first-order chi connectivity index (χ1) is 18.1. The van der Waals surface area contributed by atoms with E-state index in [0.29, 0.717) is 18.9 Å². The molecule has 0 aliphatic carbocycles. The molecule has 206 valence electrons. The molecule has 0 bridgehead atoms. The number of hydrogen-bond donors (Lipinski definition) is 0. The number of carbonyl (C=O) groups is 1. The summed E-state index contributed by atoms with van der Waals surface area (Å²) in [5.41, 5.74) is 6.53. The van der Waals surface area contributed by atoms with Crippen molar-refractivity contribution < 1.29 is 14.3 Å². The quantitative estimate of drug-likeness (QED) is 0.302. The molecule has 2 aromatic carbocycles. The fourth-order valence-electron chi connectivity index (χ4n) is 5.36. The normalized spacial score (nSPS) is 14.5. The Labute approximate surface area is 240 Å². The van der Waals surface area contributed by atoms with Crippen molar-refractivity contribution in [2.24, 2.45) is 0 Å². The highest BCUT2D eigenvalue weighted by atomic mass is 35.5. The smallest absolute Gasteiger partial charge is 0.358 e. The number of hydrogen-bond acceptors (Lipinski definition) is 7. The summed E-state index contributed by atoms with van der Waals surface area (Å²) < 4.78 is 13.3. The number of ether oxygens (including phenoxy) is 2. The van der Waals surface area contributed by atoms with Crippen LogP contribution in [0.2, 0.25) is 0 Å². The lowest BCUT2D eigenvalue weighted by Crippen LogP contribution is -2.47. The number of rotatable bonds is 6. The van der Waals surface area contributed by atoms with E-state index in [4.69, 9.17) is 14.5 Å². The van der Waals surface area contributed by atoms with Crippen molar-refractivity contribution in [3.05, 3.63) is 77.5 Å². The van der Waals surface area contributed by atoms with E-state index in [0.717, 1.165) is 67.5 Å². The second-order valence-electron chi connectivity index (χ2n) is 9.56. The third kappa shape index (κ3) is 5.55. The lowest BCUT2D eigenvalue weighted by molar-refractivity contribution is 0.0516. The van der Waals surface area contributed by atoms with E-state index in [1.807, 2.05) is 23.6 Å². The summed E-state index contributed by atoms with van der Waals surface area (Å²) in [6.07, 6.45) is 2.59. The van der Waals surface area contributed by atoms with Crippen LogP contribution in [0.4, 0.5) is 5.69 Å². The van der Waals surface area contributed by atoms with Crippen LogP contribution in [-0.4, -0.2) is 64.7 Å². The molecule has 2 aliphatic rings. The molecule has 4 aromatic rings. The summed E-state index contributed by atoms with van der Waals surface area (Å²) in [7, 11) is 0. The lowest BCUT2D eigenvalue weighted by atomic mass is 10.1. The number of piperazine rings is 1. The van der Waals surface area contributed by atoms with Gasteiger partial charge < -0.3 is 14.4 Å². The van der Waals surface area contributed by atoms with Gasteiger partial charge in [-0.3, -0.25) is 14.5 Å². The van der Waals surface area contributed by atoms with E-state index in [9.17, 15) is 4.79 Å². The maximum absolute atomic E-state index is 12.3. The SMILES string of the molecule is CCOC(=O)c1ncn2c1COc1c(CCN3CCN(c4cccc5nc(C)ccc45)CC3)cccc1-2.Cl.Cl. The van der Waals surface area contributed by atoms with E-state index < -0.39 is 5.97 Å². The molecular weight excluding hydrogens is 537 g/mol. The number of benzene rings is 2. The molecule has 10 heteroatoms. The van der Waals surface area contributed by atoms with E-state index >= 15 is 0 Å². The van der Waals surface area contributed by atoms with Crippen molar-refractivity contribution >= 4 is 47.4 Å². The van der Waals surface area contributed by atoms with Gasteiger partial charge in [-0.1, -0.05) is 18.2 Å². The Balaban J connectivity index is 0.00000176. The highest BCUT2D eigenvalue weighted by Crippen LogP contribution is 2.35. The Morgan fingerprint density at radius 3 is 2.56 bits per heavy atom. The molecule has 8 nitrogen and oxygen atoms in total. The number of esters is 1.